The molecule has 0 bridgehead atoms. The first-order chi connectivity index (χ1) is 13.7. The van der Waals surface area contributed by atoms with E-state index in [1.165, 1.54) is 5.56 Å². The van der Waals surface area contributed by atoms with Crippen molar-refractivity contribution < 1.29 is 9.90 Å². The molecule has 2 amide bonds. The number of benzene rings is 2. The smallest absolute Gasteiger partial charge is 0.321 e. The van der Waals surface area contributed by atoms with E-state index >= 15 is 0 Å². The number of nitrogens with zero attached hydrogens (tertiary/aromatic N) is 2. The van der Waals surface area contributed by atoms with Crippen molar-refractivity contribution >= 4 is 27.6 Å². The SMILES string of the molecule is O=C(Nc1ccccc1)N1CCCCN2[C@@H](CO)[C@H](c3ccc(Br)cc3)[C@@H]2C1. The molecular formula is C22H26BrN3O2. The number of hydrogen-bond acceptors (Lipinski definition) is 3. The zero-order valence-electron chi connectivity index (χ0n) is 15.8. The van der Waals surface area contributed by atoms with Gasteiger partial charge in [0.15, 0.2) is 0 Å². The van der Waals surface area contributed by atoms with Crippen LogP contribution in [0.4, 0.5) is 10.5 Å². The maximum atomic E-state index is 12.9. The number of carbonyl (C=O) groups is 1. The van der Waals surface area contributed by atoms with E-state index in [0.717, 1.165) is 36.1 Å². The number of nitrogens with one attached hydrogen (secondary N) is 1. The first-order valence-corrected chi connectivity index (χ1v) is 10.7. The maximum absolute atomic E-state index is 12.9. The summed E-state index contributed by atoms with van der Waals surface area (Å²) >= 11 is 3.50. The average molecular weight is 444 g/mol. The number of fused-ring (bicyclic) bond motifs is 1. The molecule has 0 radical (unpaired) electrons. The van der Waals surface area contributed by atoms with E-state index in [2.05, 4.69) is 50.4 Å². The van der Waals surface area contributed by atoms with Gasteiger partial charge < -0.3 is 15.3 Å². The third-order valence-electron chi connectivity index (χ3n) is 5.94. The lowest BCUT2D eigenvalue weighted by Gasteiger charge is -2.57. The molecule has 0 spiro atoms. The minimum atomic E-state index is -0.0462. The van der Waals surface area contributed by atoms with Crippen molar-refractivity contribution in [3.63, 3.8) is 0 Å². The van der Waals surface area contributed by atoms with Crippen LogP contribution in [-0.4, -0.2) is 59.3 Å². The second kappa shape index (κ2) is 8.64. The second-order valence-electron chi connectivity index (χ2n) is 7.58. The molecule has 28 heavy (non-hydrogen) atoms. The summed E-state index contributed by atoms with van der Waals surface area (Å²) in [6, 6.07) is 18.3. The Labute approximate surface area is 174 Å². The molecule has 0 aromatic heterocycles. The van der Waals surface area contributed by atoms with Gasteiger partial charge in [-0.25, -0.2) is 4.79 Å². The predicted octanol–water partition coefficient (Wildman–Crippen LogP) is 3.91. The van der Waals surface area contributed by atoms with Crippen molar-refractivity contribution in [2.75, 3.05) is 31.6 Å². The molecule has 5 nitrogen and oxygen atoms in total. The van der Waals surface area contributed by atoms with E-state index in [-0.39, 0.29) is 30.6 Å². The molecule has 0 aliphatic carbocycles. The molecule has 3 atom stereocenters. The van der Waals surface area contributed by atoms with E-state index in [0.29, 0.717) is 6.54 Å². The van der Waals surface area contributed by atoms with Crippen molar-refractivity contribution in [2.45, 2.75) is 30.8 Å². The molecule has 2 heterocycles. The van der Waals surface area contributed by atoms with Gasteiger partial charge in [-0.05, 0) is 49.2 Å². The zero-order chi connectivity index (χ0) is 19.5. The molecule has 2 aliphatic heterocycles. The van der Waals surface area contributed by atoms with Crippen LogP contribution in [0.1, 0.15) is 24.3 Å². The van der Waals surface area contributed by atoms with Gasteiger partial charge in [-0.3, -0.25) is 4.90 Å². The Morgan fingerprint density at radius 3 is 2.50 bits per heavy atom. The van der Waals surface area contributed by atoms with Gasteiger partial charge >= 0.3 is 6.03 Å². The quantitative estimate of drug-likeness (QED) is 0.755. The lowest BCUT2D eigenvalue weighted by Crippen LogP contribution is -2.68. The number of urea groups is 1. The van der Waals surface area contributed by atoms with E-state index < -0.39 is 0 Å². The molecule has 2 N–H and O–H groups in total. The highest BCUT2D eigenvalue weighted by Crippen LogP contribution is 2.42. The molecule has 0 unspecified atom stereocenters. The summed E-state index contributed by atoms with van der Waals surface area (Å²) in [5, 5.41) is 13.0. The predicted molar refractivity (Wildman–Crippen MR) is 115 cm³/mol. The number of aliphatic hydroxyl groups is 1. The number of anilines is 1. The van der Waals surface area contributed by atoms with Crippen LogP contribution in [0.25, 0.3) is 0 Å². The Morgan fingerprint density at radius 2 is 1.79 bits per heavy atom. The van der Waals surface area contributed by atoms with Gasteiger partial charge in [0.05, 0.1) is 6.61 Å². The first kappa shape index (κ1) is 19.4. The summed E-state index contributed by atoms with van der Waals surface area (Å²) in [5.74, 6) is 0.239. The van der Waals surface area contributed by atoms with Crippen molar-refractivity contribution in [2.24, 2.45) is 0 Å². The summed E-state index contributed by atoms with van der Waals surface area (Å²) in [7, 11) is 0. The molecule has 2 fully saturated rings. The highest BCUT2D eigenvalue weighted by molar-refractivity contribution is 9.10. The number of aliphatic hydroxyl groups excluding tert-OH is 1. The minimum Gasteiger partial charge on any atom is -0.395 e. The number of hydrogen-bond donors (Lipinski definition) is 2. The fourth-order valence-electron chi connectivity index (χ4n) is 4.53. The van der Waals surface area contributed by atoms with Gasteiger partial charge in [-0.2, -0.15) is 0 Å². The molecule has 2 aromatic rings. The number of carbonyl (C=O) groups excluding carboxylic acids is 1. The highest BCUT2D eigenvalue weighted by Gasteiger charge is 2.49. The molecule has 2 aliphatic rings. The van der Waals surface area contributed by atoms with Gasteiger partial charge in [-0.1, -0.05) is 46.3 Å². The monoisotopic (exact) mass is 443 g/mol. The topological polar surface area (TPSA) is 55.8 Å². The maximum Gasteiger partial charge on any atom is 0.321 e. The number of para-hydroxylation sites is 1. The number of rotatable bonds is 3. The lowest BCUT2D eigenvalue weighted by atomic mass is 9.74. The minimum absolute atomic E-state index is 0.0462. The van der Waals surface area contributed by atoms with Crippen LogP contribution in [0.3, 0.4) is 0 Å². The van der Waals surface area contributed by atoms with Gasteiger partial charge in [-0.15, -0.1) is 0 Å². The van der Waals surface area contributed by atoms with Crippen LogP contribution in [0.15, 0.2) is 59.1 Å². The molecule has 6 heteroatoms. The standard InChI is InChI=1S/C22H26BrN3O2/c23-17-10-8-16(9-11-17)21-19-14-25(12-4-5-13-26(19)20(21)15-27)22(28)24-18-6-2-1-3-7-18/h1-3,6-11,19-21,27H,4-5,12-15H2,(H,24,28)/t19-,20-,21+/m0/s1. The largest absolute Gasteiger partial charge is 0.395 e. The van der Waals surface area contributed by atoms with Gasteiger partial charge in [0.1, 0.15) is 0 Å². The zero-order valence-corrected chi connectivity index (χ0v) is 17.4. The van der Waals surface area contributed by atoms with E-state index in [4.69, 9.17) is 0 Å². The normalized spacial score (nSPS) is 25.2. The molecular weight excluding hydrogens is 418 g/mol. The molecule has 0 saturated carbocycles. The molecule has 148 valence electrons. The lowest BCUT2D eigenvalue weighted by molar-refractivity contribution is -0.0585. The summed E-state index contributed by atoms with van der Waals surface area (Å²) in [5.41, 5.74) is 2.05. The Hall–Kier alpha value is -1.89. The Kier molecular flexibility index (Phi) is 5.99. The van der Waals surface area contributed by atoms with E-state index in [9.17, 15) is 9.90 Å². The average Bonchev–Trinajstić information content (AvgIpc) is 2.69. The fourth-order valence-corrected chi connectivity index (χ4v) is 4.80. The van der Waals surface area contributed by atoms with E-state index in [1.54, 1.807) is 0 Å². The van der Waals surface area contributed by atoms with Crippen LogP contribution in [0.2, 0.25) is 0 Å². The number of halogens is 1. The third-order valence-corrected chi connectivity index (χ3v) is 6.47. The second-order valence-corrected chi connectivity index (χ2v) is 8.50. The van der Waals surface area contributed by atoms with Gasteiger partial charge in [0.25, 0.3) is 0 Å². The summed E-state index contributed by atoms with van der Waals surface area (Å²) in [4.78, 5) is 17.2. The van der Waals surface area contributed by atoms with Gasteiger partial charge in [0.2, 0.25) is 0 Å². The highest BCUT2D eigenvalue weighted by atomic mass is 79.9. The van der Waals surface area contributed by atoms with Crippen molar-refractivity contribution in [1.29, 1.82) is 0 Å². The number of amides is 2. The van der Waals surface area contributed by atoms with Gasteiger partial charge in [0, 0.05) is 41.3 Å². The van der Waals surface area contributed by atoms with Crippen LogP contribution in [-0.2, 0) is 0 Å². The summed E-state index contributed by atoms with van der Waals surface area (Å²) in [6.45, 7) is 2.57. The summed E-state index contributed by atoms with van der Waals surface area (Å²) < 4.78 is 1.05. The van der Waals surface area contributed by atoms with Crippen molar-refractivity contribution in [3.8, 4) is 0 Å². The first-order valence-electron chi connectivity index (χ1n) is 9.90. The third kappa shape index (κ3) is 3.95. The van der Waals surface area contributed by atoms with Crippen LogP contribution in [0, 0.1) is 0 Å². The fraction of sp³-hybridized carbons (Fsp3) is 0.409. The van der Waals surface area contributed by atoms with Crippen LogP contribution >= 0.6 is 15.9 Å². The van der Waals surface area contributed by atoms with Crippen LogP contribution < -0.4 is 5.32 Å². The Morgan fingerprint density at radius 1 is 1.07 bits per heavy atom. The molecule has 2 aromatic carbocycles. The van der Waals surface area contributed by atoms with Crippen LogP contribution in [0.5, 0.6) is 0 Å². The van der Waals surface area contributed by atoms with Crippen molar-refractivity contribution in [1.82, 2.24) is 9.80 Å². The molecule has 4 rings (SSSR count). The Bertz CT molecular complexity index is 799. The molecule has 2 saturated heterocycles. The Balaban J connectivity index is 1.52. The van der Waals surface area contributed by atoms with Crippen molar-refractivity contribution in [3.05, 3.63) is 64.6 Å². The van der Waals surface area contributed by atoms with E-state index in [1.807, 2.05) is 35.2 Å². The summed E-state index contributed by atoms with van der Waals surface area (Å²) in [6.07, 6.45) is 2.02.